The number of rotatable bonds is 4. The SMILES string of the molecule is CC1=NN(c2ccc(C(=O)Oc3ccc(S(C)(=O)=O)cc3)cc2)CC1. The number of benzene rings is 2. The number of carbonyl (C=O) groups is 1. The molecule has 1 heterocycles. The molecular weight excluding hydrogens is 340 g/mol. The molecule has 0 amide bonds. The van der Waals surface area contributed by atoms with Crippen molar-refractivity contribution in [3.8, 4) is 5.75 Å². The van der Waals surface area contributed by atoms with Gasteiger partial charge in [0.05, 0.1) is 16.1 Å². The van der Waals surface area contributed by atoms with E-state index in [2.05, 4.69) is 5.10 Å². The van der Waals surface area contributed by atoms with Gasteiger partial charge in [-0.3, -0.25) is 5.01 Å². The highest BCUT2D eigenvalue weighted by atomic mass is 32.2. The van der Waals surface area contributed by atoms with Gasteiger partial charge < -0.3 is 4.74 Å². The standard InChI is InChI=1S/C18H18N2O4S/c1-13-11-12-20(19-13)15-5-3-14(4-6-15)18(21)24-16-7-9-17(10-8-16)25(2,22)23/h3-10H,11-12H2,1-2H3. The Morgan fingerprint density at radius 3 is 2.24 bits per heavy atom. The maximum absolute atomic E-state index is 12.2. The summed E-state index contributed by atoms with van der Waals surface area (Å²) in [5.41, 5.74) is 2.42. The van der Waals surface area contributed by atoms with Gasteiger partial charge in [-0.25, -0.2) is 13.2 Å². The van der Waals surface area contributed by atoms with Gasteiger partial charge in [-0.2, -0.15) is 5.10 Å². The van der Waals surface area contributed by atoms with E-state index in [1.807, 2.05) is 24.1 Å². The number of anilines is 1. The molecule has 2 aromatic rings. The van der Waals surface area contributed by atoms with E-state index in [0.717, 1.165) is 30.6 Å². The van der Waals surface area contributed by atoms with E-state index in [9.17, 15) is 13.2 Å². The summed E-state index contributed by atoms with van der Waals surface area (Å²) in [6.07, 6.45) is 2.06. The Morgan fingerprint density at radius 1 is 1.08 bits per heavy atom. The Bertz CT molecular complexity index is 917. The van der Waals surface area contributed by atoms with Crippen LogP contribution >= 0.6 is 0 Å². The number of hydrogen-bond donors (Lipinski definition) is 0. The van der Waals surface area contributed by atoms with E-state index in [1.165, 1.54) is 24.3 Å². The summed E-state index contributed by atoms with van der Waals surface area (Å²) in [5.74, 6) is -0.207. The van der Waals surface area contributed by atoms with Crippen molar-refractivity contribution in [3.05, 3.63) is 54.1 Å². The quantitative estimate of drug-likeness (QED) is 0.620. The molecule has 0 fully saturated rings. The molecule has 130 valence electrons. The monoisotopic (exact) mass is 358 g/mol. The molecule has 1 aliphatic rings. The first kappa shape index (κ1) is 17.2. The fourth-order valence-electron chi connectivity index (χ4n) is 2.45. The van der Waals surface area contributed by atoms with Crippen LogP contribution in [-0.2, 0) is 9.84 Å². The average Bonchev–Trinajstić information content (AvgIpc) is 3.01. The predicted octanol–water partition coefficient (Wildman–Crippen LogP) is 2.90. The van der Waals surface area contributed by atoms with Crippen molar-refractivity contribution < 1.29 is 17.9 Å². The molecule has 0 atom stereocenters. The molecule has 0 radical (unpaired) electrons. The fraction of sp³-hybridized carbons (Fsp3) is 0.222. The minimum absolute atomic E-state index is 0.179. The zero-order chi connectivity index (χ0) is 18.0. The Morgan fingerprint density at radius 2 is 1.72 bits per heavy atom. The van der Waals surface area contributed by atoms with Gasteiger partial charge in [0, 0.05) is 24.9 Å². The number of nitrogens with zero attached hydrogens (tertiary/aromatic N) is 2. The Balaban J connectivity index is 1.69. The lowest BCUT2D eigenvalue weighted by Gasteiger charge is -2.13. The maximum Gasteiger partial charge on any atom is 0.343 e. The molecular formula is C18H18N2O4S. The lowest BCUT2D eigenvalue weighted by atomic mass is 10.2. The molecule has 1 aliphatic heterocycles. The van der Waals surface area contributed by atoms with E-state index in [-0.39, 0.29) is 4.90 Å². The van der Waals surface area contributed by atoms with E-state index in [4.69, 9.17) is 4.74 Å². The highest BCUT2D eigenvalue weighted by Crippen LogP contribution is 2.21. The van der Waals surface area contributed by atoms with Crippen LogP contribution in [0.2, 0.25) is 0 Å². The van der Waals surface area contributed by atoms with Gasteiger partial charge in [0.2, 0.25) is 0 Å². The summed E-state index contributed by atoms with van der Waals surface area (Å²) < 4.78 is 28.1. The van der Waals surface area contributed by atoms with Crippen LogP contribution in [0.15, 0.2) is 58.5 Å². The van der Waals surface area contributed by atoms with Gasteiger partial charge in [0.1, 0.15) is 5.75 Å². The molecule has 3 rings (SSSR count). The van der Waals surface area contributed by atoms with Crippen molar-refractivity contribution in [2.24, 2.45) is 5.10 Å². The lowest BCUT2D eigenvalue weighted by molar-refractivity contribution is 0.0734. The zero-order valence-corrected chi connectivity index (χ0v) is 14.8. The molecule has 0 aromatic heterocycles. The summed E-state index contributed by atoms with van der Waals surface area (Å²) in [5, 5.41) is 6.31. The van der Waals surface area contributed by atoms with E-state index >= 15 is 0 Å². The fourth-order valence-corrected chi connectivity index (χ4v) is 3.08. The molecule has 0 N–H and O–H groups in total. The first-order valence-electron chi connectivity index (χ1n) is 7.77. The van der Waals surface area contributed by atoms with E-state index < -0.39 is 15.8 Å². The van der Waals surface area contributed by atoms with Crippen molar-refractivity contribution in [2.45, 2.75) is 18.2 Å². The second-order valence-electron chi connectivity index (χ2n) is 5.89. The number of ether oxygens (including phenoxy) is 1. The van der Waals surface area contributed by atoms with Crippen molar-refractivity contribution in [2.75, 3.05) is 17.8 Å². The Kier molecular flexibility index (Phi) is 4.59. The van der Waals surface area contributed by atoms with Gasteiger partial charge in [0.25, 0.3) is 0 Å². The van der Waals surface area contributed by atoms with Crippen molar-refractivity contribution in [1.29, 1.82) is 0 Å². The van der Waals surface area contributed by atoms with Gasteiger partial charge in [-0.05, 0) is 55.5 Å². The van der Waals surface area contributed by atoms with E-state index in [1.54, 1.807) is 12.1 Å². The summed E-state index contributed by atoms with van der Waals surface area (Å²) in [6.45, 7) is 2.82. The first-order chi connectivity index (χ1) is 11.8. The van der Waals surface area contributed by atoms with Crippen LogP contribution in [0.25, 0.3) is 0 Å². The summed E-state index contributed by atoms with van der Waals surface area (Å²) >= 11 is 0. The smallest absolute Gasteiger partial charge is 0.343 e. The largest absolute Gasteiger partial charge is 0.423 e. The topological polar surface area (TPSA) is 76.0 Å². The van der Waals surface area contributed by atoms with Gasteiger partial charge in [-0.1, -0.05) is 0 Å². The average molecular weight is 358 g/mol. The number of hydrazone groups is 1. The minimum Gasteiger partial charge on any atom is -0.423 e. The molecule has 0 unspecified atom stereocenters. The third-order valence-electron chi connectivity index (χ3n) is 3.84. The van der Waals surface area contributed by atoms with Crippen LogP contribution in [0.4, 0.5) is 5.69 Å². The summed E-state index contributed by atoms with van der Waals surface area (Å²) in [6, 6.07) is 12.8. The highest BCUT2D eigenvalue weighted by Gasteiger charge is 2.15. The zero-order valence-electron chi connectivity index (χ0n) is 14.0. The van der Waals surface area contributed by atoms with Crippen LogP contribution in [0.1, 0.15) is 23.7 Å². The Labute approximate surface area is 146 Å². The number of esters is 1. The molecule has 0 spiro atoms. The van der Waals surface area contributed by atoms with Crippen molar-refractivity contribution in [3.63, 3.8) is 0 Å². The van der Waals surface area contributed by atoms with Crippen molar-refractivity contribution >= 4 is 27.2 Å². The minimum atomic E-state index is -3.27. The van der Waals surface area contributed by atoms with Crippen LogP contribution in [-0.4, -0.2) is 32.9 Å². The lowest BCUT2D eigenvalue weighted by Crippen LogP contribution is -2.13. The molecule has 0 bridgehead atoms. The maximum atomic E-state index is 12.2. The van der Waals surface area contributed by atoms with Gasteiger partial charge >= 0.3 is 5.97 Å². The van der Waals surface area contributed by atoms with Crippen LogP contribution in [0, 0.1) is 0 Å². The molecule has 6 nitrogen and oxygen atoms in total. The Hall–Kier alpha value is -2.67. The normalized spacial score (nSPS) is 14.3. The molecule has 0 saturated carbocycles. The first-order valence-corrected chi connectivity index (χ1v) is 9.66. The summed E-state index contributed by atoms with van der Waals surface area (Å²) in [4.78, 5) is 12.4. The molecule has 7 heteroatoms. The molecule has 0 aliphatic carbocycles. The number of sulfone groups is 1. The third-order valence-corrected chi connectivity index (χ3v) is 4.97. The second kappa shape index (κ2) is 6.68. The predicted molar refractivity (Wildman–Crippen MR) is 96.0 cm³/mol. The molecule has 0 saturated heterocycles. The number of hydrogen-bond acceptors (Lipinski definition) is 6. The van der Waals surface area contributed by atoms with Crippen LogP contribution < -0.4 is 9.75 Å². The van der Waals surface area contributed by atoms with Crippen LogP contribution in [0.3, 0.4) is 0 Å². The van der Waals surface area contributed by atoms with E-state index in [0.29, 0.717) is 11.3 Å². The van der Waals surface area contributed by atoms with Gasteiger partial charge in [0.15, 0.2) is 9.84 Å². The summed E-state index contributed by atoms with van der Waals surface area (Å²) in [7, 11) is -3.27. The van der Waals surface area contributed by atoms with Crippen LogP contribution in [0.5, 0.6) is 5.75 Å². The molecule has 25 heavy (non-hydrogen) atoms. The molecule has 2 aromatic carbocycles. The third kappa shape index (κ3) is 4.06. The number of carbonyl (C=O) groups excluding carboxylic acids is 1. The second-order valence-corrected chi connectivity index (χ2v) is 7.90. The highest BCUT2D eigenvalue weighted by molar-refractivity contribution is 7.90. The van der Waals surface area contributed by atoms with Gasteiger partial charge in [-0.15, -0.1) is 0 Å². The van der Waals surface area contributed by atoms with Crippen molar-refractivity contribution in [1.82, 2.24) is 0 Å².